The largest absolute Gasteiger partial charge is 0.444 e. The molecule has 0 bridgehead atoms. The number of halogens is 1. The van der Waals surface area contributed by atoms with E-state index in [1.807, 2.05) is 27.0 Å². The minimum atomic E-state index is -0.469. The molecule has 0 aliphatic carbocycles. The summed E-state index contributed by atoms with van der Waals surface area (Å²) in [5.74, 6) is 0. The van der Waals surface area contributed by atoms with Crippen molar-refractivity contribution in [1.82, 2.24) is 15.3 Å². The maximum atomic E-state index is 11.8. The molecule has 1 fully saturated rings. The van der Waals surface area contributed by atoms with Crippen LogP contribution >= 0.6 is 15.9 Å². The quantitative estimate of drug-likeness (QED) is 0.823. The Hall–Kier alpha value is -1.21. The Morgan fingerprint density at radius 1 is 1.45 bits per heavy atom. The van der Waals surface area contributed by atoms with E-state index in [1.165, 1.54) is 0 Å². The molecule has 1 saturated heterocycles. The van der Waals surface area contributed by atoms with Gasteiger partial charge < -0.3 is 15.0 Å². The average molecular weight is 374 g/mol. The van der Waals surface area contributed by atoms with E-state index in [4.69, 9.17) is 9.57 Å². The van der Waals surface area contributed by atoms with Crippen LogP contribution in [0, 0.1) is 0 Å². The molecule has 0 radical (unpaired) electrons. The van der Waals surface area contributed by atoms with Crippen LogP contribution in [0.3, 0.4) is 0 Å². The number of hydrogen-bond acceptors (Lipinski definition) is 5. The smallest absolute Gasteiger partial charge is 0.407 e. The van der Waals surface area contributed by atoms with Gasteiger partial charge in [-0.25, -0.2) is 4.79 Å². The molecule has 0 saturated carbocycles. The third-order valence-corrected chi connectivity index (χ3v) is 4.06. The third-order valence-electron chi connectivity index (χ3n) is 3.45. The highest BCUT2D eigenvalue weighted by atomic mass is 79.9. The number of carbonyl (C=O) groups excluding carboxylic acids is 1. The number of rotatable bonds is 3. The van der Waals surface area contributed by atoms with Gasteiger partial charge in [0, 0.05) is 19.3 Å². The number of allylic oxidation sites excluding steroid dienone is 1. The summed E-state index contributed by atoms with van der Waals surface area (Å²) in [7, 11) is 1.65. The Labute approximate surface area is 140 Å². The molecule has 124 valence electrons. The summed E-state index contributed by atoms with van der Waals surface area (Å²) in [5.41, 5.74) is 0.672. The summed E-state index contributed by atoms with van der Waals surface area (Å²) >= 11 is 3.57. The van der Waals surface area contributed by atoms with Gasteiger partial charge >= 0.3 is 6.09 Å². The Morgan fingerprint density at radius 2 is 2.18 bits per heavy atom. The van der Waals surface area contributed by atoms with Gasteiger partial charge in [0.25, 0.3) is 0 Å². The lowest BCUT2D eigenvalue weighted by Crippen LogP contribution is -2.40. The van der Waals surface area contributed by atoms with Crippen LogP contribution in [-0.2, 0) is 9.57 Å². The molecule has 1 amide bonds. The normalized spacial score (nSPS) is 22.3. The second-order valence-electron chi connectivity index (χ2n) is 6.43. The van der Waals surface area contributed by atoms with Crippen molar-refractivity contribution in [2.45, 2.75) is 38.8 Å². The van der Waals surface area contributed by atoms with Crippen molar-refractivity contribution < 1.29 is 14.4 Å². The molecule has 0 unspecified atom stereocenters. The first-order valence-electron chi connectivity index (χ1n) is 7.41. The van der Waals surface area contributed by atoms with E-state index in [1.54, 1.807) is 12.2 Å². The standard InChI is InChI=1S/C15H24BrN3O3/c1-15(2,3)22-14(20)17-11-5-7-18(9-11)13-6-8-19(21-4)10-12(13)16/h6,10-11H,5,7-9H2,1-4H3,(H,17,20)/t11-/m0/s1. The summed E-state index contributed by atoms with van der Waals surface area (Å²) in [6, 6.07) is 0.108. The third kappa shape index (κ3) is 4.64. The molecule has 0 spiro atoms. The minimum Gasteiger partial charge on any atom is -0.444 e. The van der Waals surface area contributed by atoms with Gasteiger partial charge in [0.15, 0.2) is 0 Å². The molecule has 2 aliphatic heterocycles. The fourth-order valence-corrected chi connectivity index (χ4v) is 3.14. The van der Waals surface area contributed by atoms with Crippen molar-refractivity contribution in [3.05, 3.63) is 22.5 Å². The zero-order chi connectivity index (χ0) is 16.3. The van der Waals surface area contributed by atoms with E-state index in [2.05, 4.69) is 32.2 Å². The Morgan fingerprint density at radius 3 is 2.77 bits per heavy atom. The van der Waals surface area contributed by atoms with Gasteiger partial charge in [-0.05, 0) is 49.2 Å². The molecule has 1 atom stereocenters. The fourth-order valence-electron chi connectivity index (χ4n) is 2.50. The number of alkyl carbamates (subject to hydrolysis) is 1. The van der Waals surface area contributed by atoms with E-state index in [-0.39, 0.29) is 12.1 Å². The molecule has 22 heavy (non-hydrogen) atoms. The maximum absolute atomic E-state index is 11.8. The number of nitrogens with zero attached hydrogens (tertiary/aromatic N) is 2. The van der Waals surface area contributed by atoms with Gasteiger partial charge in [0.1, 0.15) is 5.60 Å². The van der Waals surface area contributed by atoms with E-state index in [0.717, 1.165) is 29.7 Å². The van der Waals surface area contributed by atoms with Crippen LogP contribution in [0.1, 0.15) is 27.2 Å². The van der Waals surface area contributed by atoms with Crippen molar-refractivity contribution in [2.75, 3.05) is 26.7 Å². The zero-order valence-corrected chi connectivity index (χ0v) is 15.1. The van der Waals surface area contributed by atoms with E-state index < -0.39 is 5.60 Å². The van der Waals surface area contributed by atoms with Crippen LogP contribution in [-0.4, -0.2) is 54.4 Å². The van der Waals surface area contributed by atoms with Crippen LogP contribution in [0.4, 0.5) is 4.79 Å². The average Bonchev–Trinajstić information content (AvgIpc) is 2.84. The highest BCUT2D eigenvalue weighted by Gasteiger charge is 2.28. The van der Waals surface area contributed by atoms with Crippen LogP contribution in [0.5, 0.6) is 0 Å². The van der Waals surface area contributed by atoms with E-state index >= 15 is 0 Å². The van der Waals surface area contributed by atoms with Gasteiger partial charge in [-0.15, -0.1) is 0 Å². The molecule has 2 heterocycles. The summed E-state index contributed by atoms with van der Waals surface area (Å²) in [4.78, 5) is 19.3. The lowest BCUT2D eigenvalue weighted by molar-refractivity contribution is -0.0799. The van der Waals surface area contributed by atoms with Gasteiger partial charge in [-0.3, -0.25) is 9.90 Å². The van der Waals surface area contributed by atoms with Gasteiger partial charge in [-0.2, -0.15) is 0 Å². The first-order valence-corrected chi connectivity index (χ1v) is 8.21. The topological polar surface area (TPSA) is 54.0 Å². The number of amides is 1. The molecule has 1 N–H and O–H groups in total. The number of hydroxylamine groups is 2. The van der Waals surface area contributed by atoms with Crippen LogP contribution in [0.25, 0.3) is 0 Å². The predicted molar refractivity (Wildman–Crippen MR) is 88.2 cm³/mol. The molecule has 2 rings (SSSR count). The number of ether oxygens (including phenoxy) is 1. The van der Waals surface area contributed by atoms with Gasteiger partial charge in [0.2, 0.25) is 0 Å². The Kier molecular flexibility index (Phi) is 5.39. The van der Waals surface area contributed by atoms with Crippen molar-refractivity contribution >= 4 is 22.0 Å². The van der Waals surface area contributed by atoms with Crippen LogP contribution < -0.4 is 5.32 Å². The molecular formula is C15H24BrN3O3. The second-order valence-corrected chi connectivity index (χ2v) is 7.28. The molecule has 0 aromatic heterocycles. The molecule has 7 heteroatoms. The summed E-state index contributed by atoms with van der Waals surface area (Å²) in [6.07, 6.45) is 4.59. The van der Waals surface area contributed by atoms with Crippen molar-refractivity contribution in [3.63, 3.8) is 0 Å². The summed E-state index contributed by atoms with van der Waals surface area (Å²) in [6.45, 7) is 7.99. The summed E-state index contributed by atoms with van der Waals surface area (Å²) < 4.78 is 6.29. The lowest BCUT2D eigenvalue weighted by atomic mass is 10.2. The maximum Gasteiger partial charge on any atom is 0.407 e. The van der Waals surface area contributed by atoms with Crippen molar-refractivity contribution in [1.29, 1.82) is 0 Å². The number of carbonyl (C=O) groups is 1. The highest BCUT2D eigenvalue weighted by Crippen LogP contribution is 2.28. The molecule has 6 nitrogen and oxygen atoms in total. The molecule has 0 aromatic carbocycles. The molecule has 0 aromatic rings. The zero-order valence-electron chi connectivity index (χ0n) is 13.6. The number of hydrogen-bond donors (Lipinski definition) is 1. The minimum absolute atomic E-state index is 0.108. The Bertz CT molecular complexity index is 485. The van der Waals surface area contributed by atoms with Gasteiger partial charge in [0.05, 0.1) is 29.9 Å². The van der Waals surface area contributed by atoms with Crippen molar-refractivity contribution in [2.24, 2.45) is 0 Å². The second kappa shape index (κ2) is 6.91. The number of nitrogens with one attached hydrogen (secondary N) is 1. The van der Waals surface area contributed by atoms with Crippen LogP contribution in [0.2, 0.25) is 0 Å². The first-order chi connectivity index (χ1) is 10.3. The fraction of sp³-hybridized carbons (Fsp3) is 0.667. The highest BCUT2D eigenvalue weighted by molar-refractivity contribution is 9.12. The summed E-state index contributed by atoms with van der Waals surface area (Å²) in [5, 5.41) is 4.69. The van der Waals surface area contributed by atoms with Crippen molar-refractivity contribution in [3.8, 4) is 0 Å². The van der Waals surface area contributed by atoms with Gasteiger partial charge in [-0.1, -0.05) is 0 Å². The monoisotopic (exact) mass is 373 g/mol. The Balaban J connectivity index is 1.87. The SMILES string of the molecule is CON1C=C(Br)C(N2CC[C@H](NC(=O)OC(C)(C)C)C2)=CC1. The lowest BCUT2D eigenvalue weighted by Gasteiger charge is -2.28. The molecule has 2 aliphatic rings. The van der Waals surface area contributed by atoms with E-state index in [0.29, 0.717) is 6.54 Å². The van der Waals surface area contributed by atoms with Crippen LogP contribution in [0.15, 0.2) is 22.5 Å². The molecular weight excluding hydrogens is 350 g/mol. The van der Waals surface area contributed by atoms with E-state index in [9.17, 15) is 4.79 Å². The first kappa shape index (κ1) is 17.1. The predicted octanol–water partition coefficient (Wildman–Crippen LogP) is 2.58. The number of likely N-dealkylation sites (tertiary alicyclic amines) is 1.